The summed E-state index contributed by atoms with van der Waals surface area (Å²) in [6, 6.07) is 11.9. The van der Waals surface area contributed by atoms with Gasteiger partial charge in [0.1, 0.15) is 5.75 Å². The van der Waals surface area contributed by atoms with E-state index in [1.165, 1.54) is 23.1 Å². The molecule has 1 saturated heterocycles. The van der Waals surface area contributed by atoms with Crippen molar-refractivity contribution in [2.45, 2.75) is 12.6 Å². The number of methoxy groups -OCH3 is 1. The van der Waals surface area contributed by atoms with Crippen LogP contribution in [0.25, 0.3) is 0 Å². The lowest BCUT2D eigenvalue weighted by atomic mass is 10.1. The second-order valence-corrected chi connectivity index (χ2v) is 6.74. The molecule has 5 nitrogen and oxygen atoms in total. The minimum absolute atomic E-state index is 0.0852. The van der Waals surface area contributed by atoms with Crippen molar-refractivity contribution in [2.75, 3.05) is 33.3 Å². The third-order valence-electron chi connectivity index (χ3n) is 4.90. The number of carbonyl (C=O) groups excluding carboxylic acids is 2. The highest BCUT2D eigenvalue weighted by Crippen LogP contribution is 2.32. The number of benzene rings is 2. The van der Waals surface area contributed by atoms with Crippen molar-refractivity contribution in [3.63, 3.8) is 0 Å². The summed E-state index contributed by atoms with van der Waals surface area (Å²) in [7, 11) is 1.56. The van der Waals surface area contributed by atoms with Gasteiger partial charge < -0.3 is 14.5 Å². The van der Waals surface area contributed by atoms with E-state index in [1.54, 1.807) is 24.1 Å². The quantitative estimate of drug-likeness (QED) is 0.783. The van der Waals surface area contributed by atoms with Gasteiger partial charge >= 0.3 is 6.18 Å². The van der Waals surface area contributed by atoms with E-state index in [9.17, 15) is 22.8 Å². The van der Waals surface area contributed by atoms with Crippen molar-refractivity contribution in [1.82, 2.24) is 9.80 Å². The largest absolute Gasteiger partial charge is 0.497 e. The Labute approximate surface area is 166 Å². The van der Waals surface area contributed by atoms with Crippen molar-refractivity contribution in [1.29, 1.82) is 0 Å². The van der Waals surface area contributed by atoms with Crippen LogP contribution in [0.1, 0.15) is 21.5 Å². The fourth-order valence-electron chi connectivity index (χ4n) is 3.28. The van der Waals surface area contributed by atoms with Crippen LogP contribution >= 0.6 is 0 Å². The van der Waals surface area contributed by atoms with E-state index in [0.717, 1.165) is 11.6 Å². The van der Waals surface area contributed by atoms with E-state index in [-0.39, 0.29) is 44.1 Å². The number of nitrogens with zero attached hydrogens (tertiary/aromatic N) is 2. The minimum atomic E-state index is -4.59. The van der Waals surface area contributed by atoms with E-state index in [1.807, 2.05) is 12.1 Å². The van der Waals surface area contributed by atoms with Gasteiger partial charge in [-0.2, -0.15) is 13.2 Å². The van der Waals surface area contributed by atoms with Crippen molar-refractivity contribution in [3.8, 4) is 5.75 Å². The Morgan fingerprint density at radius 3 is 2.10 bits per heavy atom. The monoisotopic (exact) mass is 406 g/mol. The smallest absolute Gasteiger partial charge is 0.417 e. The van der Waals surface area contributed by atoms with Crippen LogP contribution in [0.3, 0.4) is 0 Å². The average molecular weight is 406 g/mol. The lowest BCUT2D eigenvalue weighted by molar-refractivity contribution is -0.138. The van der Waals surface area contributed by atoms with Gasteiger partial charge in [-0.1, -0.05) is 24.3 Å². The molecule has 0 bridgehead atoms. The highest BCUT2D eigenvalue weighted by Gasteiger charge is 2.36. The number of hydrogen-bond acceptors (Lipinski definition) is 3. The lowest BCUT2D eigenvalue weighted by Gasteiger charge is -2.35. The van der Waals surface area contributed by atoms with Gasteiger partial charge in [-0.25, -0.2) is 0 Å². The second-order valence-electron chi connectivity index (χ2n) is 6.74. The van der Waals surface area contributed by atoms with E-state index in [0.29, 0.717) is 5.75 Å². The summed E-state index contributed by atoms with van der Waals surface area (Å²) in [5, 5.41) is 0. The normalized spacial score (nSPS) is 14.6. The summed E-state index contributed by atoms with van der Waals surface area (Å²) in [6.07, 6.45) is -4.38. The van der Waals surface area contributed by atoms with E-state index >= 15 is 0 Å². The fraction of sp³-hybridized carbons (Fsp3) is 0.333. The molecule has 1 heterocycles. The minimum Gasteiger partial charge on any atom is -0.497 e. The summed E-state index contributed by atoms with van der Waals surface area (Å²) < 4.78 is 44.6. The Morgan fingerprint density at radius 1 is 0.931 bits per heavy atom. The molecule has 0 spiro atoms. The predicted octanol–water partition coefficient (Wildman–Crippen LogP) is 3.24. The Balaban J connectivity index is 1.60. The standard InChI is InChI=1S/C21H21F3N2O3/c1-29-16-8-6-15(7-9-16)14-19(27)25-10-12-26(13-11-25)20(28)17-4-2-3-5-18(17)21(22,23)24/h2-9H,10-14H2,1H3. The maximum absolute atomic E-state index is 13.2. The van der Waals surface area contributed by atoms with E-state index < -0.39 is 17.6 Å². The van der Waals surface area contributed by atoms with Crippen LogP contribution in [0, 0.1) is 0 Å². The topological polar surface area (TPSA) is 49.9 Å². The molecular formula is C21H21F3N2O3. The zero-order valence-electron chi connectivity index (χ0n) is 15.9. The highest BCUT2D eigenvalue weighted by atomic mass is 19.4. The maximum Gasteiger partial charge on any atom is 0.417 e. The zero-order chi connectivity index (χ0) is 21.0. The summed E-state index contributed by atoms with van der Waals surface area (Å²) in [5.41, 5.74) is -0.463. The number of carbonyl (C=O) groups is 2. The fourth-order valence-corrected chi connectivity index (χ4v) is 3.28. The molecule has 1 aliphatic heterocycles. The van der Waals surface area contributed by atoms with Gasteiger partial charge in [-0.3, -0.25) is 9.59 Å². The molecule has 0 saturated carbocycles. The number of amides is 2. The third kappa shape index (κ3) is 4.88. The summed E-state index contributed by atoms with van der Waals surface area (Å²) >= 11 is 0. The van der Waals surface area contributed by atoms with Gasteiger partial charge in [0.2, 0.25) is 5.91 Å². The van der Waals surface area contributed by atoms with Crippen molar-refractivity contribution in [2.24, 2.45) is 0 Å². The first-order valence-electron chi connectivity index (χ1n) is 9.16. The molecule has 0 atom stereocenters. The summed E-state index contributed by atoms with van der Waals surface area (Å²) in [5.74, 6) is -0.0504. The molecule has 0 radical (unpaired) electrons. The molecule has 1 fully saturated rings. The summed E-state index contributed by atoms with van der Waals surface area (Å²) in [6.45, 7) is 0.961. The third-order valence-corrected chi connectivity index (χ3v) is 4.90. The van der Waals surface area contributed by atoms with Crippen LogP contribution in [0.2, 0.25) is 0 Å². The zero-order valence-corrected chi connectivity index (χ0v) is 15.9. The number of halogens is 3. The van der Waals surface area contributed by atoms with Crippen molar-refractivity contribution < 1.29 is 27.5 Å². The van der Waals surface area contributed by atoms with E-state index in [4.69, 9.17) is 4.74 Å². The first-order valence-corrected chi connectivity index (χ1v) is 9.16. The summed E-state index contributed by atoms with van der Waals surface area (Å²) in [4.78, 5) is 28.1. The van der Waals surface area contributed by atoms with Gasteiger partial charge in [0.25, 0.3) is 5.91 Å². The molecule has 2 aromatic carbocycles. The highest BCUT2D eigenvalue weighted by molar-refractivity contribution is 5.96. The lowest BCUT2D eigenvalue weighted by Crippen LogP contribution is -2.51. The Kier molecular flexibility index (Phi) is 6.10. The van der Waals surface area contributed by atoms with Gasteiger partial charge in [0, 0.05) is 26.2 Å². The van der Waals surface area contributed by atoms with Gasteiger partial charge in [-0.15, -0.1) is 0 Å². The second kappa shape index (κ2) is 8.55. The maximum atomic E-state index is 13.2. The first kappa shape index (κ1) is 20.7. The van der Waals surface area contributed by atoms with Gasteiger partial charge in [-0.05, 0) is 29.8 Å². The number of hydrogen-bond donors (Lipinski definition) is 0. The van der Waals surface area contributed by atoms with Crippen molar-refractivity contribution >= 4 is 11.8 Å². The molecule has 1 aliphatic rings. The van der Waals surface area contributed by atoms with E-state index in [2.05, 4.69) is 0 Å². The molecule has 2 amide bonds. The van der Waals surface area contributed by atoms with Crippen LogP contribution < -0.4 is 4.74 Å². The number of rotatable bonds is 4. The van der Waals surface area contributed by atoms with Gasteiger partial charge in [0.05, 0.1) is 24.7 Å². The molecule has 0 unspecified atom stereocenters. The molecule has 154 valence electrons. The molecule has 29 heavy (non-hydrogen) atoms. The number of alkyl halides is 3. The first-order chi connectivity index (χ1) is 13.8. The predicted molar refractivity (Wildman–Crippen MR) is 101 cm³/mol. The molecule has 0 aromatic heterocycles. The molecule has 8 heteroatoms. The average Bonchev–Trinajstić information content (AvgIpc) is 2.73. The van der Waals surface area contributed by atoms with Gasteiger partial charge in [0.15, 0.2) is 0 Å². The van der Waals surface area contributed by atoms with Crippen LogP contribution in [0.5, 0.6) is 5.75 Å². The number of ether oxygens (including phenoxy) is 1. The molecule has 0 aliphatic carbocycles. The number of piperazine rings is 1. The van der Waals surface area contributed by atoms with Crippen LogP contribution in [0.4, 0.5) is 13.2 Å². The Hall–Kier alpha value is -3.03. The van der Waals surface area contributed by atoms with Crippen LogP contribution in [0.15, 0.2) is 48.5 Å². The van der Waals surface area contributed by atoms with Crippen LogP contribution in [-0.4, -0.2) is 54.9 Å². The Bertz CT molecular complexity index is 873. The molecule has 0 N–H and O–H groups in total. The molecule has 3 rings (SSSR count). The van der Waals surface area contributed by atoms with Crippen LogP contribution in [-0.2, 0) is 17.4 Å². The van der Waals surface area contributed by atoms with Crippen molar-refractivity contribution in [3.05, 3.63) is 65.2 Å². The molecule has 2 aromatic rings. The SMILES string of the molecule is COc1ccc(CC(=O)N2CCN(C(=O)c3ccccc3C(F)(F)F)CC2)cc1. The Morgan fingerprint density at radius 2 is 1.52 bits per heavy atom. The molecular weight excluding hydrogens is 385 g/mol.